The average molecular weight is 346 g/mol. The Hall–Kier alpha value is -3.05. The zero-order valence-electron chi connectivity index (χ0n) is 13.1. The lowest BCUT2D eigenvalue weighted by molar-refractivity contribution is 0.0980. The summed E-state index contributed by atoms with van der Waals surface area (Å²) in [5.41, 5.74) is 8.93. The highest BCUT2D eigenvalue weighted by atomic mass is 32.1. The number of nitrogens with two attached hydrogens (primary N) is 1. The van der Waals surface area contributed by atoms with Crippen molar-refractivity contribution in [1.29, 1.82) is 0 Å². The molecule has 25 heavy (non-hydrogen) atoms. The van der Waals surface area contributed by atoms with E-state index in [2.05, 4.69) is 17.9 Å². The summed E-state index contributed by atoms with van der Waals surface area (Å²) in [5, 5.41) is 3.20. The number of hydrogen-bond acceptors (Lipinski definition) is 5. The van der Waals surface area contributed by atoms with Gasteiger partial charge in [-0.15, -0.1) is 12.6 Å². The van der Waals surface area contributed by atoms with Gasteiger partial charge in [-0.05, 0) is 18.2 Å². The summed E-state index contributed by atoms with van der Waals surface area (Å²) in [6.07, 6.45) is 0. The van der Waals surface area contributed by atoms with Crippen molar-refractivity contribution in [2.24, 2.45) is 0 Å². The van der Waals surface area contributed by atoms with E-state index in [9.17, 15) is 9.59 Å². The van der Waals surface area contributed by atoms with E-state index >= 15 is 0 Å². The minimum absolute atomic E-state index is 0.217. The molecule has 1 aliphatic carbocycles. The molecule has 3 aromatic carbocycles. The standard InChI is InChI=1S/C20H14N2O2S/c21-18-15(25)10-14(22-11-6-2-1-3-7-11)16-17(18)20(24)13-9-5-4-8-12(13)19(16)23/h1-10,22,25H,21H2. The van der Waals surface area contributed by atoms with Gasteiger partial charge in [0.25, 0.3) is 0 Å². The monoisotopic (exact) mass is 346 g/mol. The number of para-hydroxylation sites is 1. The summed E-state index contributed by atoms with van der Waals surface area (Å²) >= 11 is 4.38. The normalized spacial score (nSPS) is 12.5. The first kappa shape index (κ1) is 15.5. The summed E-state index contributed by atoms with van der Waals surface area (Å²) in [7, 11) is 0. The van der Waals surface area contributed by atoms with Crippen LogP contribution in [0.15, 0.2) is 65.6 Å². The Morgan fingerprint density at radius 1 is 0.800 bits per heavy atom. The van der Waals surface area contributed by atoms with E-state index in [0.29, 0.717) is 27.3 Å². The van der Waals surface area contributed by atoms with Gasteiger partial charge in [-0.1, -0.05) is 42.5 Å². The summed E-state index contributed by atoms with van der Waals surface area (Å²) < 4.78 is 0. The molecule has 3 N–H and O–H groups in total. The minimum Gasteiger partial charge on any atom is -0.397 e. The minimum atomic E-state index is -0.255. The van der Waals surface area contributed by atoms with Crippen LogP contribution in [0, 0.1) is 0 Å². The number of anilines is 3. The molecule has 0 atom stereocenters. The average Bonchev–Trinajstić information content (AvgIpc) is 2.63. The molecule has 0 unspecified atom stereocenters. The third-order valence-electron chi connectivity index (χ3n) is 4.27. The number of benzene rings is 3. The number of nitrogen functional groups attached to an aromatic ring is 1. The fraction of sp³-hybridized carbons (Fsp3) is 0. The van der Waals surface area contributed by atoms with Crippen molar-refractivity contribution in [2.75, 3.05) is 11.1 Å². The van der Waals surface area contributed by atoms with Gasteiger partial charge in [0.2, 0.25) is 0 Å². The second-order valence-electron chi connectivity index (χ2n) is 5.80. The zero-order chi connectivity index (χ0) is 17.6. The molecule has 0 saturated heterocycles. The number of carbonyl (C=O) groups is 2. The Morgan fingerprint density at radius 3 is 2.00 bits per heavy atom. The van der Waals surface area contributed by atoms with Gasteiger partial charge in [-0.2, -0.15) is 0 Å². The molecule has 122 valence electrons. The predicted molar refractivity (Wildman–Crippen MR) is 101 cm³/mol. The van der Waals surface area contributed by atoms with Crippen LogP contribution in [0.4, 0.5) is 17.1 Å². The molecule has 1 aliphatic rings. The maximum atomic E-state index is 13.1. The number of thiol groups is 1. The fourth-order valence-corrected chi connectivity index (χ4v) is 3.32. The fourth-order valence-electron chi connectivity index (χ4n) is 3.08. The van der Waals surface area contributed by atoms with Gasteiger partial charge in [0.15, 0.2) is 11.6 Å². The number of fused-ring (bicyclic) bond motifs is 2. The molecule has 0 radical (unpaired) electrons. The molecule has 0 aromatic heterocycles. The lowest BCUT2D eigenvalue weighted by atomic mass is 9.82. The SMILES string of the molecule is Nc1c(S)cc(Nc2ccccc2)c2c1C(=O)c1ccccc1C2=O. The van der Waals surface area contributed by atoms with Gasteiger partial charge < -0.3 is 11.1 Å². The van der Waals surface area contributed by atoms with Crippen molar-refractivity contribution in [2.45, 2.75) is 4.90 Å². The highest BCUT2D eigenvalue weighted by Crippen LogP contribution is 2.39. The zero-order valence-corrected chi connectivity index (χ0v) is 14.0. The number of rotatable bonds is 2. The summed E-state index contributed by atoms with van der Waals surface area (Å²) in [6.45, 7) is 0. The molecular formula is C20H14N2O2S. The molecule has 5 heteroatoms. The first-order chi connectivity index (χ1) is 12.1. The van der Waals surface area contributed by atoms with E-state index in [1.54, 1.807) is 30.3 Å². The lowest BCUT2D eigenvalue weighted by Crippen LogP contribution is -2.24. The Labute approximate surface area is 150 Å². The largest absolute Gasteiger partial charge is 0.397 e. The smallest absolute Gasteiger partial charge is 0.196 e. The van der Waals surface area contributed by atoms with Crippen LogP contribution < -0.4 is 11.1 Å². The second-order valence-corrected chi connectivity index (χ2v) is 6.28. The van der Waals surface area contributed by atoms with E-state index < -0.39 is 0 Å². The van der Waals surface area contributed by atoms with Crippen molar-refractivity contribution < 1.29 is 9.59 Å². The molecule has 0 bridgehead atoms. The molecule has 3 aromatic rings. The van der Waals surface area contributed by atoms with Crippen molar-refractivity contribution in [1.82, 2.24) is 0 Å². The number of hydrogen-bond donors (Lipinski definition) is 3. The van der Waals surface area contributed by atoms with Crippen LogP contribution in [0.2, 0.25) is 0 Å². The van der Waals surface area contributed by atoms with Crippen molar-refractivity contribution in [3.8, 4) is 0 Å². The van der Waals surface area contributed by atoms with Crippen molar-refractivity contribution in [3.63, 3.8) is 0 Å². The number of ketones is 2. The number of nitrogens with one attached hydrogen (secondary N) is 1. The van der Waals surface area contributed by atoms with Gasteiger partial charge in [-0.25, -0.2) is 0 Å². The topological polar surface area (TPSA) is 72.2 Å². The molecule has 0 spiro atoms. The second kappa shape index (κ2) is 5.79. The van der Waals surface area contributed by atoms with Gasteiger partial charge in [0.1, 0.15) is 0 Å². The van der Waals surface area contributed by atoms with E-state index in [1.165, 1.54) is 0 Å². The van der Waals surface area contributed by atoms with Crippen LogP contribution in [0.5, 0.6) is 0 Å². The van der Waals surface area contributed by atoms with Crippen LogP contribution in [0.1, 0.15) is 31.8 Å². The van der Waals surface area contributed by atoms with Gasteiger partial charge in [0.05, 0.1) is 22.5 Å². The van der Waals surface area contributed by atoms with Crippen LogP contribution >= 0.6 is 12.6 Å². The molecule has 0 amide bonds. The molecule has 4 nitrogen and oxygen atoms in total. The molecular weight excluding hydrogens is 332 g/mol. The maximum absolute atomic E-state index is 13.1. The Morgan fingerprint density at radius 2 is 1.36 bits per heavy atom. The van der Waals surface area contributed by atoms with Crippen LogP contribution in [-0.4, -0.2) is 11.6 Å². The molecule has 0 fully saturated rings. The summed E-state index contributed by atoms with van der Waals surface area (Å²) in [4.78, 5) is 26.4. The third kappa shape index (κ3) is 2.40. The molecule has 4 rings (SSSR count). The Kier molecular flexibility index (Phi) is 3.58. The Bertz CT molecular complexity index is 1030. The van der Waals surface area contributed by atoms with Gasteiger partial charge in [-0.3, -0.25) is 9.59 Å². The van der Waals surface area contributed by atoms with E-state index in [0.717, 1.165) is 5.69 Å². The van der Waals surface area contributed by atoms with E-state index in [4.69, 9.17) is 5.73 Å². The summed E-state index contributed by atoms with van der Waals surface area (Å²) in [5.74, 6) is -0.474. The Balaban J connectivity index is 1.96. The molecule has 0 heterocycles. The first-order valence-corrected chi connectivity index (χ1v) is 8.18. The highest BCUT2D eigenvalue weighted by molar-refractivity contribution is 7.80. The van der Waals surface area contributed by atoms with Crippen LogP contribution in [0.25, 0.3) is 0 Å². The van der Waals surface area contributed by atoms with E-state index in [1.807, 2.05) is 30.3 Å². The van der Waals surface area contributed by atoms with E-state index in [-0.39, 0.29) is 22.8 Å². The first-order valence-electron chi connectivity index (χ1n) is 7.74. The maximum Gasteiger partial charge on any atom is 0.196 e. The lowest BCUT2D eigenvalue weighted by Gasteiger charge is -2.23. The van der Waals surface area contributed by atoms with Gasteiger partial charge >= 0.3 is 0 Å². The predicted octanol–water partition coefficient (Wildman–Crippen LogP) is 4.08. The van der Waals surface area contributed by atoms with Crippen molar-refractivity contribution >= 4 is 41.3 Å². The highest BCUT2D eigenvalue weighted by Gasteiger charge is 2.34. The van der Waals surface area contributed by atoms with Gasteiger partial charge in [0, 0.05) is 21.7 Å². The molecule has 0 aliphatic heterocycles. The van der Waals surface area contributed by atoms with Crippen LogP contribution in [0.3, 0.4) is 0 Å². The quantitative estimate of drug-likeness (QED) is 0.378. The van der Waals surface area contributed by atoms with Crippen molar-refractivity contribution in [3.05, 3.63) is 82.9 Å². The third-order valence-corrected chi connectivity index (χ3v) is 4.64. The number of carbonyl (C=O) groups excluding carboxylic acids is 2. The molecule has 0 saturated carbocycles. The van der Waals surface area contributed by atoms with Crippen LogP contribution in [-0.2, 0) is 0 Å². The summed E-state index contributed by atoms with van der Waals surface area (Å²) in [6, 6.07) is 17.9.